The van der Waals surface area contributed by atoms with E-state index in [4.69, 9.17) is 4.74 Å². The van der Waals surface area contributed by atoms with Gasteiger partial charge in [0.2, 0.25) is 0 Å². The van der Waals surface area contributed by atoms with Crippen LogP contribution in [0.3, 0.4) is 0 Å². The molecule has 2 heteroatoms. The highest BCUT2D eigenvalue weighted by Crippen LogP contribution is 2.51. The van der Waals surface area contributed by atoms with Crippen LogP contribution in [0.4, 0.5) is 0 Å². The molecule has 1 spiro atoms. The van der Waals surface area contributed by atoms with E-state index >= 15 is 0 Å². The Morgan fingerprint density at radius 2 is 2.15 bits per heavy atom. The summed E-state index contributed by atoms with van der Waals surface area (Å²) in [7, 11) is 0. The first-order chi connectivity index (χ1) is 5.99. The molecule has 2 aliphatic rings. The molecule has 3 atom stereocenters. The van der Waals surface area contributed by atoms with Crippen molar-refractivity contribution in [1.82, 2.24) is 0 Å². The molecule has 2 nitrogen and oxygen atoms in total. The summed E-state index contributed by atoms with van der Waals surface area (Å²) in [5.74, 6) is 0.200. The molecular weight excluding hydrogens is 164 g/mol. The molecule has 1 saturated carbocycles. The standard InChI is InChI=1S/C11H18O2/c1-4-8-5-10(2,3)6-11(7-13-11)9(8)12/h4,8-9,12H,1,5-7H2,2-3H3. The molecule has 13 heavy (non-hydrogen) atoms. The zero-order chi connectivity index (χ0) is 9.69. The predicted octanol–water partition coefficient (Wildman–Crippen LogP) is 1.74. The van der Waals surface area contributed by atoms with Crippen molar-refractivity contribution < 1.29 is 9.84 Å². The smallest absolute Gasteiger partial charge is 0.118 e. The van der Waals surface area contributed by atoms with E-state index in [1.807, 2.05) is 6.08 Å². The Morgan fingerprint density at radius 3 is 2.62 bits per heavy atom. The van der Waals surface area contributed by atoms with Gasteiger partial charge in [-0.2, -0.15) is 0 Å². The van der Waals surface area contributed by atoms with E-state index < -0.39 is 0 Å². The van der Waals surface area contributed by atoms with E-state index in [2.05, 4.69) is 20.4 Å². The van der Waals surface area contributed by atoms with E-state index in [0.717, 1.165) is 19.4 Å². The van der Waals surface area contributed by atoms with Crippen LogP contribution in [0.5, 0.6) is 0 Å². The molecule has 0 amide bonds. The summed E-state index contributed by atoms with van der Waals surface area (Å²) in [5.41, 5.74) is 0.0508. The lowest BCUT2D eigenvalue weighted by atomic mass is 9.66. The number of hydrogen-bond acceptors (Lipinski definition) is 2. The van der Waals surface area contributed by atoms with Crippen LogP contribution in [0.1, 0.15) is 26.7 Å². The van der Waals surface area contributed by atoms with E-state index in [1.165, 1.54) is 0 Å². The van der Waals surface area contributed by atoms with Crippen molar-refractivity contribution in [2.45, 2.75) is 38.4 Å². The molecule has 0 aromatic heterocycles. The van der Waals surface area contributed by atoms with Crippen molar-refractivity contribution in [3.05, 3.63) is 12.7 Å². The van der Waals surface area contributed by atoms with Gasteiger partial charge in [0.1, 0.15) is 5.60 Å². The zero-order valence-corrected chi connectivity index (χ0v) is 8.42. The summed E-state index contributed by atoms with van der Waals surface area (Å²) in [4.78, 5) is 0. The first-order valence-corrected chi connectivity index (χ1v) is 4.94. The van der Waals surface area contributed by atoms with Crippen LogP contribution in [0.15, 0.2) is 12.7 Å². The van der Waals surface area contributed by atoms with Gasteiger partial charge in [-0.1, -0.05) is 19.9 Å². The second-order valence-corrected chi connectivity index (χ2v) is 5.24. The molecule has 2 fully saturated rings. The summed E-state index contributed by atoms with van der Waals surface area (Å²) < 4.78 is 5.42. The third-order valence-corrected chi connectivity index (χ3v) is 3.33. The molecule has 0 bridgehead atoms. The molecule has 74 valence electrons. The van der Waals surface area contributed by atoms with Gasteiger partial charge in [-0.25, -0.2) is 0 Å². The van der Waals surface area contributed by atoms with Gasteiger partial charge in [0.05, 0.1) is 12.7 Å². The van der Waals surface area contributed by atoms with Gasteiger partial charge < -0.3 is 9.84 Å². The highest BCUT2D eigenvalue weighted by molar-refractivity contribution is 5.11. The number of aliphatic hydroxyl groups excluding tert-OH is 1. The maximum absolute atomic E-state index is 10.00. The van der Waals surface area contributed by atoms with E-state index in [0.29, 0.717) is 0 Å². The summed E-state index contributed by atoms with van der Waals surface area (Å²) in [6.45, 7) is 8.97. The molecular formula is C11H18O2. The minimum Gasteiger partial charge on any atom is -0.389 e. The number of epoxide rings is 1. The lowest BCUT2D eigenvalue weighted by Crippen LogP contribution is -2.46. The van der Waals surface area contributed by atoms with Crippen molar-refractivity contribution in [1.29, 1.82) is 0 Å². The van der Waals surface area contributed by atoms with Crippen LogP contribution in [0.25, 0.3) is 0 Å². The van der Waals surface area contributed by atoms with Crippen LogP contribution in [-0.4, -0.2) is 23.4 Å². The molecule has 0 aromatic carbocycles. The average molecular weight is 182 g/mol. The molecule has 1 heterocycles. The Hall–Kier alpha value is -0.340. The molecule has 0 aromatic rings. The van der Waals surface area contributed by atoms with Crippen LogP contribution in [-0.2, 0) is 4.74 Å². The van der Waals surface area contributed by atoms with Gasteiger partial charge in [0.25, 0.3) is 0 Å². The Kier molecular flexibility index (Phi) is 1.83. The maximum Gasteiger partial charge on any atom is 0.118 e. The number of hydrogen-bond donors (Lipinski definition) is 1. The number of rotatable bonds is 1. The molecule has 1 saturated heterocycles. The minimum atomic E-state index is -0.335. The SMILES string of the molecule is C=CC1CC(C)(C)CC2(CO2)C1O. The largest absolute Gasteiger partial charge is 0.389 e. The van der Waals surface area contributed by atoms with Gasteiger partial charge in [-0.3, -0.25) is 0 Å². The van der Waals surface area contributed by atoms with Gasteiger partial charge in [0, 0.05) is 5.92 Å². The molecule has 3 unspecified atom stereocenters. The fraction of sp³-hybridized carbons (Fsp3) is 0.818. The van der Waals surface area contributed by atoms with Crippen molar-refractivity contribution in [2.75, 3.05) is 6.61 Å². The Morgan fingerprint density at radius 1 is 1.54 bits per heavy atom. The average Bonchev–Trinajstić information content (AvgIpc) is 2.77. The monoisotopic (exact) mass is 182 g/mol. The van der Waals surface area contributed by atoms with Crippen LogP contribution in [0.2, 0.25) is 0 Å². The lowest BCUT2D eigenvalue weighted by molar-refractivity contribution is -0.0304. The Labute approximate surface area is 79.6 Å². The topological polar surface area (TPSA) is 32.8 Å². The van der Waals surface area contributed by atoms with E-state index in [-0.39, 0.29) is 23.0 Å². The van der Waals surface area contributed by atoms with Gasteiger partial charge in [-0.05, 0) is 18.3 Å². The molecule has 1 aliphatic heterocycles. The fourth-order valence-corrected chi connectivity index (χ4v) is 2.70. The zero-order valence-electron chi connectivity index (χ0n) is 8.42. The summed E-state index contributed by atoms with van der Waals surface area (Å²) in [6, 6.07) is 0. The summed E-state index contributed by atoms with van der Waals surface area (Å²) in [5, 5.41) is 10.00. The second-order valence-electron chi connectivity index (χ2n) is 5.24. The molecule has 0 radical (unpaired) electrons. The van der Waals surface area contributed by atoms with E-state index in [9.17, 15) is 5.11 Å². The van der Waals surface area contributed by atoms with Crippen molar-refractivity contribution in [2.24, 2.45) is 11.3 Å². The summed E-state index contributed by atoms with van der Waals surface area (Å²) in [6.07, 6.45) is 3.53. The highest BCUT2D eigenvalue weighted by atomic mass is 16.6. The highest BCUT2D eigenvalue weighted by Gasteiger charge is 2.59. The lowest BCUT2D eigenvalue weighted by Gasteiger charge is -2.41. The second kappa shape index (κ2) is 2.58. The van der Waals surface area contributed by atoms with Crippen molar-refractivity contribution in [3.8, 4) is 0 Å². The van der Waals surface area contributed by atoms with Gasteiger partial charge in [0.15, 0.2) is 0 Å². The maximum atomic E-state index is 10.00. The first kappa shape index (κ1) is 9.22. The number of ether oxygens (including phenoxy) is 1. The number of aliphatic hydroxyl groups is 1. The third-order valence-electron chi connectivity index (χ3n) is 3.33. The van der Waals surface area contributed by atoms with Gasteiger partial charge >= 0.3 is 0 Å². The first-order valence-electron chi connectivity index (χ1n) is 4.94. The minimum absolute atomic E-state index is 0.200. The van der Waals surface area contributed by atoms with Gasteiger partial charge in [-0.15, -0.1) is 6.58 Å². The van der Waals surface area contributed by atoms with Crippen LogP contribution >= 0.6 is 0 Å². The normalized spacial score (nSPS) is 47.6. The van der Waals surface area contributed by atoms with Crippen molar-refractivity contribution >= 4 is 0 Å². The van der Waals surface area contributed by atoms with Crippen molar-refractivity contribution in [3.63, 3.8) is 0 Å². The molecule has 1 aliphatic carbocycles. The Balaban J connectivity index is 2.20. The fourth-order valence-electron chi connectivity index (χ4n) is 2.70. The Bertz CT molecular complexity index is 228. The summed E-state index contributed by atoms with van der Waals surface area (Å²) >= 11 is 0. The molecule has 2 rings (SSSR count). The predicted molar refractivity (Wildman–Crippen MR) is 51.4 cm³/mol. The quantitative estimate of drug-likeness (QED) is 0.495. The van der Waals surface area contributed by atoms with E-state index in [1.54, 1.807) is 0 Å². The molecule has 1 N–H and O–H groups in total. The van der Waals surface area contributed by atoms with Crippen LogP contribution < -0.4 is 0 Å². The van der Waals surface area contributed by atoms with Crippen LogP contribution in [0, 0.1) is 11.3 Å². The third kappa shape index (κ3) is 1.42.